The summed E-state index contributed by atoms with van der Waals surface area (Å²) in [6, 6.07) is 13.3. The van der Waals surface area contributed by atoms with Crippen LogP contribution in [0.2, 0.25) is 5.02 Å². The first-order valence-electron chi connectivity index (χ1n) is 8.64. The maximum absolute atomic E-state index is 12.2. The summed E-state index contributed by atoms with van der Waals surface area (Å²) in [6.07, 6.45) is 2.87. The number of carbonyl (C=O) groups excluding carboxylic acids is 1. The van der Waals surface area contributed by atoms with Gasteiger partial charge in [0.15, 0.2) is 0 Å². The summed E-state index contributed by atoms with van der Waals surface area (Å²) in [5.41, 5.74) is 1.71. The molecule has 29 heavy (non-hydrogen) atoms. The quantitative estimate of drug-likeness (QED) is 0.469. The molecular weight excluding hydrogens is 416 g/mol. The Morgan fingerprint density at radius 2 is 1.90 bits per heavy atom. The van der Waals surface area contributed by atoms with Crippen molar-refractivity contribution in [2.24, 2.45) is 0 Å². The molecule has 1 aromatic heterocycles. The summed E-state index contributed by atoms with van der Waals surface area (Å²) >= 11 is 6.01. The van der Waals surface area contributed by atoms with E-state index in [4.69, 9.17) is 11.6 Å². The van der Waals surface area contributed by atoms with Crippen LogP contribution in [-0.2, 0) is 15.8 Å². The first-order chi connectivity index (χ1) is 13.9. The van der Waals surface area contributed by atoms with Crippen LogP contribution < -0.4 is 15.4 Å². The van der Waals surface area contributed by atoms with Gasteiger partial charge in [0, 0.05) is 18.1 Å². The third-order valence-corrected chi connectivity index (χ3v) is 5.40. The van der Waals surface area contributed by atoms with Crippen molar-refractivity contribution < 1.29 is 13.2 Å². The second kappa shape index (κ2) is 9.50. The van der Waals surface area contributed by atoms with Crippen molar-refractivity contribution in [3.63, 3.8) is 0 Å². The normalized spacial score (nSPS) is 11.2. The van der Waals surface area contributed by atoms with E-state index in [-0.39, 0.29) is 18.8 Å². The predicted octanol–water partition coefficient (Wildman–Crippen LogP) is 2.16. The van der Waals surface area contributed by atoms with Gasteiger partial charge in [0.25, 0.3) is 0 Å². The third-order valence-electron chi connectivity index (χ3n) is 3.80. The number of urea groups is 1. The number of nitrogens with one attached hydrogen (secondary N) is 3. The molecule has 2 aromatic carbocycles. The molecule has 11 heteroatoms. The van der Waals surface area contributed by atoms with E-state index in [1.54, 1.807) is 42.5 Å². The molecule has 0 aliphatic heterocycles. The van der Waals surface area contributed by atoms with Gasteiger partial charge < -0.3 is 10.6 Å². The Morgan fingerprint density at radius 3 is 2.62 bits per heavy atom. The Labute approximate surface area is 173 Å². The first-order valence-corrected chi connectivity index (χ1v) is 10.7. The fourth-order valence-electron chi connectivity index (χ4n) is 2.53. The highest BCUT2D eigenvalue weighted by molar-refractivity contribution is 7.88. The minimum Gasteiger partial charge on any atom is -0.337 e. The van der Waals surface area contributed by atoms with Crippen LogP contribution >= 0.6 is 11.6 Å². The number of anilines is 1. The molecule has 0 aliphatic rings. The van der Waals surface area contributed by atoms with Crippen molar-refractivity contribution in [3.8, 4) is 5.69 Å². The van der Waals surface area contributed by atoms with E-state index in [1.807, 2.05) is 6.07 Å². The average Bonchev–Trinajstić information content (AvgIpc) is 3.20. The van der Waals surface area contributed by atoms with Crippen LogP contribution in [-0.4, -0.2) is 42.3 Å². The standard InChI is InChI=1S/C18H19ClN6O3S/c19-15-6-7-17(25-13-20-12-22-25)16(10-15)24-18(26)21-8-9-23-29(27,28)11-14-4-2-1-3-5-14/h1-7,10,12-13,23H,8-9,11H2,(H2,21,24,26). The molecule has 1 heterocycles. The fraction of sp³-hybridized carbons (Fsp3) is 0.167. The van der Waals surface area contributed by atoms with Gasteiger partial charge in [-0.15, -0.1) is 0 Å². The number of halogens is 1. The molecule has 2 amide bonds. The number of amides is 2. The van der Waals surface area contributed by atoms with E-state index < -0.39 is 16.1 Å². The van der Waals surface area contributed by atoms with E-state index in [9.17, 15) is 13.2 Å². The molecule has 0 spiro atoms. The molecule has 0 saturated heterocycles. The number of benzene rings is 2. The van der Waals surface area contributed by atoms with Gasteiger partial charge >= 0.3 is 6.03 Å². The molecule has 3 rings (SSSR count). The number of sulfonamides is 1. The van der Waals surface area contributed by atoms with Crippen molar-refractivity contribution in [1.29, 1.82) is 0 Å². The van der Waals surface area contributed by atoms with Gasteiger partial charge in [0.2, 0.25) is 10.0 Å². The van der Waals surface area contributed by atoms with Crippen LogP contribution in [0.4, 0.5) is 10.5 Å². The van der Waals surface area contributed by atoms with Crippen molar-refractivity contribution in [2.75, 3.05) is 18.4 Å². The Morgan fingerprint density at radius 1 is 1.10 bits per heavy atom. The molecule has 9 nitrogen and oxygen atoms in total. The molecule has 0 aliphatic carbocycles. The summed E-state index contributed by atoms with van der Waals surface area (Å²) < 4.78 is 28.1. The summed E-state index contributed by atoms with van der Waals surface area (Å²) in [6.45, 7) is 0.174. The van der Waals surface area contributed by atoms with Gasteiger partial charge in [-0.05, 0) is 23.8 Å². The Hall–Kier alpha value is -2.95. The summed E-state index contributed by atoms with van der Waals surface area (Å²) in [5, 5.41) is 9.75. The zero-order valence-corrected chi connectivity index (χ0v) is 16.8. The van der Waals surface area contributed by atoms with Crippen molar-refractivity contribution >= 4 is 33.3 Å². The smallest absolute Gasteiger partial charge is 0.319 e. The van der Waals surface area contributed by atoms with Gasteiger partial charge in [0.1, 0.15) is 12.7 Å². The second-order valence-corrected chi connectivity index (χ2v) is 8.26. The molecule has 152 valence electrons. The average molecular weight is 435 g/mol. The van der Waals surface area contributed by atoms with Gasteiger partial charge in [-0.3, -0.25) is 0 Å². The highest BCUT2D eigenvalue weighted by Gasteiger charge is 2.12. The van der Waals surface area contributed by atoms with Crippen LogP contribution in [0.15, 0.2) is 61.2 Å². The Kier molecular flexibility index (Phi) is 6.81. The van der Waals surface area contributed by atoms with Crippen molar-refractivity contribution in [3.05, 3.63) is 71.8 Å². The minimum atomic E-state index is -3.49. The molecule has 3 N–H and O–H groups in total. The van der Waals surface area contributed by atoms with Crippen molar-refractivity contribution in [1.82, 2.24) is 24.8 Å². The van der Waals surface area contributed by atoms with Crippen LogP contribution in [0, 0.1) is 0 Å². The lowest BCUT2D eigenvalue weighted by Crippen LogP contribution is -2.37. The molecule has 0 fully saturated rings. The number of hydrogen-bond donors (Lipinski definition) is 3. The largest absolute Gasteiger partial charge is 0.337 e. The number of aromatic nitrogens is 3. The zero-order valence-electron chi connectivity index (χ0n) is 15.2. The van der Waals surface area contributed by atoms with Gasteiger partial charge in [-0.1, -0.05) is 41.9 Å². The van der Waals surface area contributed by atoms with Crippen LogP contribution in [0.3, 0.4) is 0 Å². The maximum Gasteiger partial charge on any atom is 0.319 e. The van der Waals surface area contributed by atoms with Gasteiger partial charge in [0.05, 0.1) is 17.1 Å². The number of nitrogens with zero attached hydrogens (tertiary/aromatic N) is 3. The maximum atomic E-state index is 12.2. The first kappa shape index (κ1) is 20.8. The van der Waals surface area contributed by atoms with Crippen LogP contribution in [0.25, 0.3) is 5.69 Å². The second-order valence-electron chi connectivity index (χ2n) is 6.02. The fourth-order valence-corrected chi connectivity index (χ4v) is 3.85. The van der Waals surface area contributed by atoms with Gasteiger partial charge in [-0.2, -0.15) is 5.10 Å². The Balaban J connectivity index is 1.50. The molecule has 0 saturated carbocycles. The van der Waals surface area contributed by atoms with E-state index >= 15 is 0 Å². The third kappa shape index (κ3) is 6.28. The molecule has 3 aromatic rings. The van der Waals surface area contributed by atoms with Crippen LogP contribution in [0.1, 0.15) is 5.56 Å². The minimum absolute atomic E-state index is 0.0636. The lowest BCUT2D eigenvalue weighted by atomic mass is 10.2. The summed E-state index contributed by atoms with van der Waals surface area (Å²) in [4.78, 5) is 16.1. The SMILES string of the molecule is O=C(NCCNS(=O)(=O)Cc1ccccc1)Nc1cc(Cl)ccc1-n1cncn1. The zero-order chi connectivity index (χ0) is 20.7. The topological polar surface area (TPSA) is 118 Å². The van der Waals surface area contributed by atoms with E-state index in [2.05, 4.69) is 25.4 Å². The molecule has 0 atom stereocenters. The molecular formula is C18H19ClN6O3S. The highest BCUT2D eigenvalue weighted by atomic mass is 35.5. The molecule has 0 bridgehead atoms. The highest BCUT2D eigenvalue weighted by Crippen LogP contribution is 2.23. The number of hydrogen-bond acceptors (Lipinski definition) is 5. The predicted molar refractivity (Wildman–Crippen MR) is 110 cm³/mol. The van der Waals surface area contributed by atoms with E-state index in [1.165, 1.54) is 17.3 Å². The van der Waals surface area contributed by atoms with E-state index in [0.717, 1.165) is 0 Å². The monoisotopic (exact) mass is 434 g/mol. The summed E-state index contributed by atoms with van der Waals surface area (Å²) in [5.74, 6) is -0.121. The molecule has 0 unspecified atom stereocenters. The lowest BCUT2D eigenvalue weighted by Gasteiger charge is -2.12. The van der Waals surface area contributed by atoms with E-state index in [0.29, 0.717) is 22.0 Å². The van der Waals surface area contributed by atoms with Gasteiger partial charge in [-0.25, -0.2) is 27.6 Å². The summed E-state index contributed by atoms with van der Waals surface area (Å²) in [7, 11) is -3.49. The molecule has 0 radical (unpaired) electrons. The number of rotatable bonds is 8. The number of carbonyl (C=O) groups is 1. The van der Waals surface area contributed by atoms with Crippen LogP contribution in [0.5, 0.6) is 0 Å². The lowest BCUT2D eigenvalue weighted by molar-refractivity contribution is 0.252. The Bertz CT molecular complexity index is 1060. The van der Waals surface area contributed by atoms with Crippen molar-refractivity contribution in [2.45, 2.75) is 5.75 Å².